The Morgan fingerprint density at radius 1 is 1.42 bits per heavy atom. The van der Waals surface area contributed by atoms with Crippen LogP contribution in [0.1, 0.15) is 38.4 Å². The number of nitrogens with zero attached hydrogens (tertiary/aromatic N) is 3. The van der Waals surface area contributed by atoms with E-state index in [0.717, 1.165) is 30.8 Å². The molecule has 1 aromatic carbocycles. The first-order valence-electron chi connectivity index (χ1n) is 8.57. The SMILES string of the molecule is CCOC(C)C(=O)N1CCCC(c2nc(-c3ccccc3)n[nH]2)C1. The lowest BCUT2D eigenvalue weighted by Gasteiger charge is -2.33. The van der Waals surface area contributed by atoms with Crippen molar-refractivity contribution in [3.05, 3.63) is 36.2 Å². The molecule has 0 aliphatic carbocycles. The van der Waals surface area contributed by atoms with Crippen LogP contribution >= 0.6 is 0 Å². The van der Waals surface area contributed by atoms with E-state index in [1.807, 2.05) is 49.1 Å². The van der Waals surface area contributed by atoms with E-state index >= 15 is 0 Å². The van der Waals surface area contributed by atoms with E-state index in [2.05, 4.69) is 15.2 Å². The Morgan fingerprint density at radius 2 is 2.21 bits per heavy atom. The largest absolute Gasteiger partial charge is 0.369 e. The molecule has 1 fully saturated rings. The number of rotatable bonds is 5. The highest BCUT2D eigenvalue weighted by Gasteiger charge is 2.29. The molecule has 0 radical (unpaired) electrons. The van der Waals surface area contributed by atoms with Gasteiger partial charge in [0, 0.05) is 31.2 Å². The monoisotopic (exact) mass is 328 g/mol. The molecule has 1 saturated heterocycles. The highest BCUT2D eigenvalue weighted by Crippen LogP contribution is 2.26. The zero-order chi connectivity index (χ0) is 16.9. The van der Waals surface area contributed by atoms with E-state index in [0.29, 0.717) is 19.0 Å². The van der Waals surface area contributed by atoms with Gasteiger partial charge in [0.2, 0.25) is 0 Å². The molecule has 1 aromatic heterocycles. The first-order chi connectivity index (χ1) is 11.7. The highest BCUT2D eigenvalue weighted by atomic mass is 16.5. The van der Waals surface area contributed by atoms with Crippen LogP contribution in [0.3, 0.4) is 0 Å². The van der Waals surface area contributed by atoms with E-state index < -0.39 is 0 Å². The normalized spacial score (nSPS) is 19.2. The van der Waals surface area contributed by atoms with Gasteiger partial charge in [0.15, 0.2) is 5.82 Å². The first-order valence-corrected chi connectivity index (χ1v) is 8.57. The average molecular weight is 328 g/mol. The molecule has 6 nitrogen and oxygen atoms in total. The first kappa shape index (κ1) is 16.6. The molecular weight excluding hydrogens is 304 g/mol. The van der Waals surface area contributed by atoms with E-state index in [1.54, 1.807) is 0 Å². The predicted octanol–water partition coefficient (Wildman–Crippen LogP) is 2.60. The van der Waals surface area contributed by atoms with Crippen LogP contribution < -0.4 is 0 Å². The smallest absolute Gasteiger partial charge is 0.251 e. The zero-order valence-corrected chi connectivity index (χ0v) is 14.2. The Bertz CT molecular complexity index is 671. The number of carbonyl (C=O) groups is 1. The van der Waals surface area contributed by atoms with Crippen molar-refractivity contribution in [2.24, 2.45) is 0 Å². The van der Waals surface area contributed by atoms with Crippen molar-refractivity contribution in [1.29, 1.82) is 0 Å². The molecule has 24 heavy (non-hydrogen) atoms. The van der Waals surface area contributed by atoms with Gasteiger partial charge in [-0.25, -0.2) is 4.98 Å². The maximum absolute atomic E-state index is 12.4. The van der Waals surface area contributed by atoms with E-state index in [9.17, 15) is 4.79 Å². The predicted molar refractivity (Wildman–Crippen MR) is 91.5 cm³/mol. The summed E-state index contributed by atoms with van der Waals surface area (Å²) in [5.41, 5.74) is 0.994. The quantitative estimate of drug-likeness (QED) is 0.916. The second-order valence-corrected chi connectivity index (χ2v) is 6.13. The van der Waals surface area contributed by atoms with Crippen LogP contribution in [0.15, 0.2) is 30.3 Å². The lowest BCUT2D eigenvalue weighted by atomic mass is 9.97. The maximum Gasteiger partial charge on any atom is 0.251 e. The number of ether oxygens (including phenoxy) is 1. The number of H-pyrrole nitrogens is 1. The molecule has 1 aliphatic heterocycles. The van der Waals surface area contributed by atoms with Gasteiger partial charge < -0.3 is 9.64 Å². The lowest BCUT2D eigenvalue weighted by molar-refractivity contribution is -0.143. The number of hydrogen-bond donors (Lipinski definition) is 1. The molecule has 3 rings (SSSR count). The van der Waals surface area contributed by atoms with Gasteiger partial charge in [-0.1, -0.05) is 30.3 Å². The molecule has 1 amide bonds. The summed E-state index contributed by atoms with van der Waals surface area (Å²) in [6, 6.07) is 9.91. The van der Waals surface area contributed by atoms with Gasteiger partial charge >= 0.3 is 0 Å². The second-order valence-electron chi connectivity index (χ2n) is 6.13. The molecule has 0 bridgehead atoms. The fourth-order valence-corrected chi connectivity index (χ4v) is 3.15. The van der Waals surface area contributed by atoms with Crippen molar-refractivity contribution in [3.63, 3.8) is 0 Å². The van der Waals surface area contributed by atoms with Crippen LogP contribution in [0, 0.1) is 0 Å². The van der Waals surface area contributed by atoms with Gasteiger partial charge in [0.05, 0.1) is 0 Å². The molecule has 1 aliphatic rings. The van der Waals surface area contributed by atoms with Gasteiger partial charge in [0.1, 0.15) is 11.9 Å². The minimum atomic E-state index is -0.386. The number of aromatic nitrogens is 3. The third-order valence-corrected chi connectivity index (χ3v) is 4.42. The van der Waals surface area contributed by atoms with Crippen molar-refractivity contribution in [2.45, 2.75) is 38.7 Å². The molecule has 2 unspecified atom stereocenters. The van der Waals surface area contributed by atoms with Gasteiger partial charge in [-0.3, -0.25) is 9.89 Å². The van der Waals surface area contributed by atoms with Crippen LogP contribution in [-0.4, -0.2) is 51.8 Å². The average Bonchev–Trinajstić information content (AvgIpc) is 3.12. The second kappa shape index (κ2) is 7.57. The molecule has 0 saturated carbocycles. The van der Waals surface area contributed by atoms with Crippen molar-refractivity contribution >= 4 is 5.91 Å². The number of amides is 1. The Morgan fingerprint density at radius 3 is 2.96 bits per heavy atom. The van der Waals surface area contributed by atoms with Crippen LogP contribution in [0.2, 0.25) is 0 Å². The summed E-state index contributed by atoms with van der Waals surface area (Å²) in [5, 5.41) is 7.39. The van der Waals surface area contributed by atoms with Crippen molar-refractivity contribution < 1.29 is 9.53 Å². The van der Waals surface area contributed by atoms with E-state index in [4.69, 9.17) is 4.74 Å². The van der Waals surface area contributed by atoms with Crippen LogP contribution in [0.4, 0.5) is 0 Å². The standard InChI is InChI=1S/C18H24N4O2/c1-3-24-13(2)18(23)22-11-7-10-15(12-22)17-19-16(20-21-17)14-8-5-4-6-9-14/h4-6,8-9,13,15H,3,7,10-12H2,1-2H3,(H,19,20,21). The molecule has 0 spiro atoms. The van der Waals surface area contributed by atoms with Crippen LogP contribution in [0.5, 0.6) is 0 Å². The minimum Gasteiger partial charge on any atom is -0.369 e. The summed E-state index contributed by atoms with van der Waals surface area (Å²) in [5.74, 6) is 1.82. The summed E-state index contributed by atoms with van der Waals surface area (Å²) >= 11 is 0. The van der Waals surface area contributed by atoms with E-state index in [1.165, 1.54) is 0 Å². The molecule has 1 N–H and O–H groups in total. The van der Waals surface area contributed by atoms with Crippen LogP contribution in [0.25, 0.3) is 11.4 Å². The third kappa shape index (κ3) is 3.64. The summed E-state index contributed by atoms with van der Waals surface area (Å²) < 4.78 is 5.43. The summed E-state index contributed by atoms with van der Waals surface area (Å²) in [6.45, 7) is 5.72. The number of nitrogens with one attached hydrogen (secondary N) is 1. The molecular formula is C18H24N4O2. The maximum atomic E-state index is 12.4. The van der Waals surface area contributed by atoms with Crippen LogP contribution in [-0.2, 0) is 9.53 Å². The number of carbonyl (C=O) groups excluding carboxylic acids is 1. The summed E-state index contributed by atoms with van der Waals surface area (Å²) in [7, 11) is 0. The number of benzene rings is 1. The number of piperidine rings is 1. The molecule has 2 heterocycles. The van der Waals surface area contributed by atoms with Crippen molar-refractivity contribution in [3.8, 4) is 11.4 Å². The number of likely N-dealkylation sites (tertiary alicyclic amines) is 1. The summed E-state index contributed by atoms with van der Waals surface area (Å²) in [6.07, 6.45) is 1.59. The van der Waals surface area contributed by atoms with Crippen molar-refractivity contribution in [1.82, 2.24) is 20.1 Å². The highest BCUT2D eigenvalue weighted by molar-refractivity contribution is 5.80. The molecule has 6 heteroatoms. The Balaban J connectivity index is 1.69. The molecule has 2 atom stereocenters. The topological polar surface area (TPSA) is 71.1 Å². The lowest BCUT2D eigenvalue weighted by Crippen LogP contribution is -2.44. The fourth-order valence-electron chi connectivity index (χ4n) is 3.15. The number of hydrogen-bond acceptors (Lipinski definition) is 4. The van der Waals surface area contributed by atoms with Gasteiger partial charge in [-0.05, 0) is 26.7 Å². The number of aromatic amines is 1. The van der Waals surface area contributed by atoms with Gasteiger partial charge in [-0.2, -0.15) is 5.10 Å². The molecule has 128 valence electrons. The zero-order valence-electron chi connectivity index (χ0n) is 14.2. The fraction of sp³-hybridized carbons (Fsp3) is 0.500. The Hall–Kier alpha value is -2.21. The van der Waals surface area contributed by atoms with Gasteiger partial charge in [0.25, 0.3) is 5.91 Å². The van der Waals surface area contributed by atoms with Gasteiger partial charge in [-0.15, -0.1) is 0 Å². The summed E-state index contributed by atoms with van der Waals surface area (Å²) in [4.78, 5) is 19.0. The Labute approximate surface area is 142 Å². The third-order valence-electron chi connectivity index (χ3n) is 4.42. The minimum absolute atomic E-state index is 0.0596. The van der Waals surface area contributed by atoms with Crippen molar-refractivity contribution in [2.75, 3.05) is 19.7 Å². The van der Waals surface area contributed by atoms with E-state index in [-0.39, 0.29) is 17.9 Å². The molecule has 2 aromatic rings. The Kier molecular flexibility index (Phi) is 5.25.